The number of piperidine rings is 1. The Morgan fingerprint density at radius 2 is 2.44 bits per heavy atom. The summed E-state index contributed by atoms with van der Waals surface area (Å²) in [5.41, 5.74) is 0. The molecule has 0 aromatic carbocycles. The van der Waals surface area contributed by atoms with Gasteiger partial charge in [-0.15, -0.1) is 0 Å². The molecule has 0 amide bonds. The van der Waals surface area contributed by atoms with Gasteiger partial charge in [0.05, 0.1) is 0 Å². The van der Waals surface area contributed by atoms with Crippen LogP contribution in [0, 0.1) is 11.5 Å². The number of likely N-dealkylation sites (tertiary alicyclic amines) is 1. The molecule has 0 saturated carbocycles. The Hall–Kier alpha value is 0.0200. The first-order valence-electron chi connectivity index (χ1n) is 3.11. The van der Waals surface area contributed by atoms with Gasteiger partial charge in [0.25, 0.3) is 0 Å². The van der Waals surface area contributed by atoms with Gasteiger partial charge < -0.3 is 4.90 Å². The van der Waals surface area contributed by atoms with Crippen molar-refractivity contribution in [2.45, 2.75) is 16.8 Å². The molecule has 1 rings (SSSR count). The molecule has 1 fully saturated rings. The SMILES string of the molecule is N#CN1CCCC(I)C1. The second-order valence-electron chi connectivity index (χ2n) is 2.29. The predicted molar refractivity (Wildman–Crippen MR) is 44.2 cm³/mol. The maximum absolute atomic E-state index is 8.48. The summed E-state index contributed by atoms with van der Waals surface area (Å²) >= 11 is 2.40. The van der Waals surface area contributed by atoms with Gasteiger partial charge >= 0.3 is 0 Å². The highest BCUT2D eigenvalue weighted by atomic mass is 127. The third-order valence-electron chi connectivity index (χ3n) is 1.51. The van der Waals surface area contributed by atoms with Crippen molar-refractivity contribution in [2.24, 2.45) is 0 Å². The summed E-state index contributed by atoms with van der Waals surface area (Å²) in [5.74, 6) is 0. The molecule has 0 N–H and O–H groups in total. The Morgan fingerprint density at radius 3 is 2.89 bits per heavy atom. The molecule has 0 aromatic rings. The van der Waals surface area contributed by atoms with E-state index in [2.05, 4.69) is 28.8 Å². The predicted octanol–water partition coefficient (Wildman–Crippen LogP) is 1.37. The van der Waals surface area contributed by atoms with Gasteiger partial charge in [0.15, 0.2) is 6.19 Å². The lowest BCUT2D eigenvalue weighted by molar-refractivity contribution is 0.335. The Bertz CT molecular complexity index is 130. The second-order valence-corrected chi connectivity index (χ2v) is 4.05. The summed E-state index contributed by atoms with van der Waals surface area (Å²) in [6.07, 6.45) is 4.62. The van der Waals surface area contributed by atoms with Crippen molar-refractivity contribution in [2.75, 3.05) is 13.1 Å². The van der Waals surface area contributed by atoms with E-state index in [1.54, 1.807) is 0 Å². The zero-order valence-corrected chi connectivity index (χ0v) is 7.34. The average molecular weight is 236 g/mol. The fourth-order valence-corrected chi connectivity index (χ4v) is 1.93. The molecular formula is C6H9IN2. The smallest absolute Gasteiger partial charge is 0.179 e. The molecule has 1 unspecified atom stereocenters. The molecule has 0 spiro atoms. The van der Waals surface area contributed by atoms with Crippen LogP contribution in [0.2, 0.25) is 0 Å². The van der Waals surface area contributed by atoms with Crippen LogP contribution in [0.25, 0.3) is 0 Å². The fourth-order valence-electron chi connectivity index (χ4n) is 1.02. The molecule has 50 valence electrons. The van der Waals surface area contributed by atoms with E-state index >= 15 is 0 Å². The number of alkyl halides is 1. The molecule has 1 atom stereocenters. The topological polar surface area (TPSA) is 27.0 Å². The summed E-state index contributed by atoms with van der Waals surface area (Å²) in [4.78, 5) is 1.83. The number of hydrogen-bond acceptors (Lipinski definition) is 2. The lowest BCUT2D eigenvalue weighted by Crippen LogP contribution is -2.31. The van der Waals surface area contributed by atoms with Crippen molar-refractivity contribution >= 4 is 22.6 Å². The maximum atomic E-state index is 8.48. The minimum atomic E-state index is 0.691. The van der Waals surface area contributed by atoms with Crippen molar-refractivity contribution in [3.8, 4) is 6.19 Å². The molecule has 1 aliphatic heterocycles. The van der Waals surface area contributed by atoms with Gasteiger partial charge in [0.2, 0.25) is 0 Å². The lowest BCUT2D eigenvalue weighted by atomic mass is 10.1. The van der Waals surface area contributed by atoms with E-state index in [0.29, 0.717) is 3.92 Å². The van der Waals surface area contributed by atoms with Crippen LogP contribution in [0.5, 0.6) is 0 Å². The Balaban J connectivity index is 2.34. The highest BCUT2D eigenvalue weighted by Crippen LogP contribution is 2.15. The quantitative estimate of drug-likeness (QED) is 0.361. The van der Waals surface area contributed by atoms with Crippen LogP contribution in [0.4, 0.5) is 0 Å². The fraction of sp³-hybridized carbons (Fsp3) is 0.833. The second kappa shape index (κ2) is 3.25. The molecule has 2 nitrogen and oxygen atoms in total. The number of nitriles is 1. The van der Waals surface area contributed by atoms with Gasteiger partial charge in [-0.2, -0.15) is 5.26 Å². The molecule has 0 bridgehead atoms. The van der Waals surface area contributed by atoms with Gasteiger partial charge in [-0.05, 0) is 12.8 Å². The van der Waals surface area contributed by atoms with Gasteiger partial charge in [0.1, 0.15) is 0 Å². The molecule has 0 aliphatic carbocycles. The first kappa shape index (κ1) is 7.13. The van der Waals surface area contributed by atoms with E-state index in [1.807, 2.05) is 4.90 Å². The average Bonchev–Trinajstić information content (AvgIpc) is 1.88. The Morgan fingerprint density at radius 1 is 1.67 bits per heavy atom. The van der Waals surface area contributed by atoms with Gasteiger partial charge in [0, 0.05) is 17.0 Å². The highest BCUT2D eigenvalue weighted by molar-refractivity contribution is 14.1. The summed E-state index contributed by atoms with van der Waals surface area (Å²) in [7, 11) is 0. The first-order chi connectivity index (χ1) is 4.33. The molecule has 1 heterocycles. The minimum absolute atomic E-state index is 0.691. The van der Waals surface area contributed by atoms with Crippen molar-refractivity contribution < 1.29 is 0 Å². The molecule has 1 saturated heterocycles. The Labute approximate surface area is 69.0 Å². The summed E-state index contributed by atoms with van der Waals surface area (Å²) in [6.45, 7) is 1.92. The van der Waals surface area contributed by atoms with Crippen LogP contribution >= 0.6 is 22.6 Å². The summed E-state index contributed by atoms with van der Waals surface area (Å²) in [6, 6.07) is 0. The number of nitrogens with zero attached hydrogens (tertiary/aromatic N) is 2. The third kappa shape index (κ3) is 2.01. The van der Waals surface area contributed by atoms with Gasteiger partial charge in [-0.25, -0.2) is 0 Å². The van der Waals surface area contributed by atoms with E-state index in [4.69, 9.17) is 5.26 Å². The van der Waals surface area contributed by atoms with E-state index in [-0.39, 0.29) is 0 Å². The zero-order valence-electron chi connectivity index (χ0n) is 5.18. The maximum Gasteiger partial charge on any atom is 0.179 e. The number of halogens is 1. The van der Waals surface area contributed by atoms with Crippen molar-refractivity contribution in [1.29, 1.82) is 5.26 Å². The molecule has 1 aliphatic rings. The van der Waals surface area contributed by atoms with E-state index < -0.39 is 0 Å². The first-order valence-corrected chi connectivity index (χ1v) is 4.36. The van der Waals surface area contributed by atoms with Crippen LogP contribution in [0.15, 0.2) is 0 Å². The summed E-state index contributed by atoms with van der Waals surface area (Å²) < 4.78 is 0.691. The molecule has 3 heteroatoms. The van der Waals surface area contributed by atoms with E-state index in [0.717, 1.165) is 13.1 Å². The molecule has 0 radical (unpaired) electrons. The standard InChI is InChI=1S/C6H9IN2/c7-6-2-1-3-9(4-6)5-8/h6H,1-4H2. The van der Waals surface area contributed by atoms with E-state index in [1.165, 1.54) is 12.8 Å². The van der Waals surface area contributed by atoms with Crippen molar-refractivity contribution in [3.63, 3.8) is 0 Å². The number of rotatable bonds is 0. The highest BCUT2D eigenvalue weighted by Gasteiger charge is 2.14. The molecule has 0 aromatic heterocycles. The molecular weight excluding hydrogens is 227 g/mol. The molecule has 9 heavy (non-hydrogen) atoms. The summed E-state index contributed by atoms with van der Waals surface area (Å²) in [5, 5.41) is 8.48. The Kier molecular flexibility index (Phi) is 2.58. The van der Waals surface area contributed by atoms with Crippen LogP contribution in [-0.4, -0.2) is 21.9 Å². The van der Waals surface area contributed by atoms with Crippen molar-refractivity contribution in [1.82, 2.24) is 4.90 Å². The van der Waals surface area contributed by atoms with Crippen LogP contribution < -0.4 is 0 Å². The van der Waals surface area contributed by atoms with E-state index in [9.17, 15) is 0 Å². The minimum Gasteiger partial charge on any atom is -0.310 e. The van der Waals surface area contributed by atoms with Gasteiger partial charge in [-0.3, -0.25) is 0 Å². The van der Waals surface area contributed by atoms with Crippen molar-refractivity contribution in [3.05, 3.63) is 0 Å². The largest absolute Gasteiger partial charge is 0.310 e. The van der Waals surface area contributed by atoms with Crippen LogP contribution in [0.3, 0.4) is 0 Å². The monoisotopic (exact) mass is 236 g/mol. The lowest BCUT2D eigenvalue weighted by Gasteiger charge is -2.24. The number of hydrogen-bond donors (Lipinski definition) is 0. The third-order valence-corrected chi connectivity index (χ3v) is 2.52. The zero-order chi connectivity index (χ0) is 6.69. The normalized spacial score (nSPS) is 27.6. The van der Waals surface area contributed by atoms with Crippen LogP contribution in [-0.2, 0) is 0 Å². The van der Waals surface area contributed by atoms with Gasteiger partial charge in [-0.1, -0.05) is 22.6 Å². The van der Waals surface area contributed by atoms with Crippen LogP contribution in [0.1, 0.15) is 12.8 Å².